The van der Waals surface area contributed by atoms with Gasteiger partial charge in [-0.25, -0.2) is 14.8 Å². The molecule has 0 bridgehead atoms. The molecule has 0 N–H and O–H groups in total. The molecule has 5 nitrogen and oxygen atoms in total. The lowest BCUT2D eigenvalue weighted by Gasteiger charge is -2.35. The highest BCUT2D eigenvalue weighted by atomic mass is 32.1. The number of hydrazine groups is 1. The van der Waals surface area contributed by atoms with Crippen LogP contribution >= 0.6 is 12.2 Å². The number of allylic oxidation sites excluding steroid dienone is 1. The highest BCUT2D eigenvalue weighted by Gasteiger charge is 2.30. The molecule has 0 saturated carbocycles. The molecular weight excluding hydrogens is 300 g/mol. The Kier molecular flexibility index (Phi) is 7.00. The zero-order valence-corrected chi connectivity index (χ0v) is 14.7. The van der Waals surface area contributed by atoms with Gasteiger partial charge in [0.05, 0.1) is 6.42 Å². The molecule has 0 radical (unpaired) electrons. The van der Waals surface area contributed by atoms with E-state index in [2.05, 4.69) is 6.92 Å². The number of ether oxygens (including phenoxy) is 1. The molecule has 22 heavy (non-hydrogen) atoms. The van der Waals surface area contributed by atoms with Crippen LogP contribution in [0.15, 0.2) is 12.3 Å². The molecule has 0 aromatic heterocycles. The Morgan fingerprint density at radius 2 is 2.05 bits per heavy atom. The Balaban J connectivity index is 2.81. The van der Waals surface area contributed by atoms with E-state index in [4.69, 9.17) is 17.0 Å². The third kappa shape index (κ3) is 6.13. The van der Waals surface area contributed by atoms with Gasteiger partial charge in [-0.2, -0.15) is 0 Å². The molecule has 0 fully saturated rings. The standard InChI is InChI=1S/C16H26N2O3S/c1-5-6-7-8-10-18(15(20)21-16(2,3)4)17-11-9-13(22)12-14(17)19/h9,11H,5-8,10,12H2,1-4H3. The molecule has 6 heteroatoms. The van der Waals surface area contributed by atoms with Crippen LogP contribution in [0.1, 0.15) is 59.8 Å². The van der Waals surface area contributed by atoms with Crippen LogP contribution in [0.25, 0.3) is 0 Å². The monoisotopic (exact) mass is 326 g/mol. The molecule has 1 heterocycles. The topological polar surface area (TPSA) is 49.9 Å². The Hall–Kier alpha value is -1.43. The van der Waals surface area contributed by atoms with Crippen LogP contribution in [0, 0.1) is 0 Å². The molecule has 0 unspecified atom stereocenters. The van der Waals surface area contributed by atoms with Crippen LogP contribution in [-0.2, 0) is 9.53 Å². The van der Waals surface area contributed by atoms with Gasteiger partial charge in [0.25, 0.3) is 5.91 Å². The molecule has 124 valence electrons. The molecule has 1 aliphatic rings. The van der Waals surface area contributed by atoms with Gasteiger partial charge in [0, 0.05) is 17.6 Å². The number of carbonyl (C=O) groups excluding carboxylic acids is 2. The van der Waals surface area contributed by atoms with Crippen LogP contribution < -0.4 is 0 Å². The Morgan fingerprint density at radius 1 is 1.36 bits per heavy atom. The van der Waals surface area contributed by atoms with E-state index in [1.165, 1.54) is 10.0 Å². The van der Waals surface area contributed by atoms with E-state index >= 15 is 0 Å². The van der Waals surface area contributed by atoms with Gasteiger partial charge in [0.15, 0.2) is 0 Å². The second-order valence-corrected chi connectivity index (χ2v) is 6.89. The van der Waals surface area contributed by atoms with E-state index in [0.717, 1.165) is 25.7 Å². The summed E-state index contributed by atoms with van der Waals surface area (Å²) < 4.78 is 5.41. The fraction of sp³-hybridized carbons (Fsp3) is 0.688. The highest BCUT2D eigenvalue weighted by molar-refractivity contribution is 7.80. The highest BCUT2D eigenvalue weighted by Crippen LogP contribution is 2.17. The maximum atomic E-state index is 12.4. The fourth-order valence-corrected chi connectivity index (χ4v) is 2.22. The van der Waals surface area contributed by atoms with Crippen molar-refractivity contribution in [2.75, 3.05) is 6.54 Å². The number of amides is 2. The second kappa shape index (κ2) is 8.27. The van der Waals surface area contributed by atoms with Gasteiger partial charge in [-0.1, -0.05) is 38.4 Å². The maximum absolute atomic E-state index is 12.4. The van der Waals surface area contributed by atoms with Crippen LogP contribution in [0.5, 0.6) is 0 Å². The summed E-state index contributed by atoms with van der Waals surface area (Å²) in [4.78, 5) is 25.1. The van der Waals surface area contributed by atoms with E-state index in [-0.39, 0.29) is 12.3 Å². The molecule has 0 saturated heterocycles. The minimum atomic E-state index is -0.601. The van der Waals surface area contributed by atoms with Crippen molar-refractivity contribution < 1.29 is 14.3 Å². The number of unbranched alkanes of at least 4 members (excludes halogenated alkanes) is 3. The van der Waals surface area contributed by atoms with Crippen LogP contribution in [0.4, 0.5) is 4.79 Å². The fourth-order valence-electron chi connectivity index (χ4n) is 2.03. The number of hydrogen-bond acceptors (Lipinski definition) is 4. The zero-order valence-electron chi connectivity index (χ0n) is 13.9. The van der Waals surface area contributed by atoms with Crippen LogP contribution in [-0.4, -0.2) is 39.0 Å². The smallest absolute Gasteiger partial charge is 0.429 e. The summed E-state index contributed by atoms with van der Waals surface area (Å²) in [6.45, 7) is 8.01. The van der Waals surface area contributed by atoms with Crippen LogP contribution in [0.3, 0.4) is 0 Å². The summed E-state index contributed by atoms with van der Waals surface area (Å²) in [6, 6.07) is 0. The normalized spacial score (nSPS) is 15.2. The first-order chi connectivity index (χ1) is 10.2. The summed E-state index contributed by atoms with van der Waals surface area (Å²) in [6.07, 6.45) is 6.95. The SMILES string of the molecule is CCCCCCN(C(=O)OC(C)(C)C)N1C=CC(=S)CC1=O. The van der Waals surface area contributed by atoms with Gasteiger partial charge >= 0.3 is 6.09 Å². The Bertz CT molecular complexity index is 455. The third-order valence-corrected chi connectivity index (χ3v) is 3.35. The minimum absolute atomic E-state index is 0.153. The van der Waals surface area contributed by atoms with Crippen molar-refractivity contribution in [1.29, 1.82) is 0 Å². The van der Waals surface area contributed by atoms with Crippen molar-refractivity contribution >= 4 is 29.1 Å². The average molecular weight is 326 g/mol. The number of thiocarbonyl (C=S) groups is 1. The van der Waals surface area contributed by atoms with Crippen molar-refractivity contribution in [3.63, 3.8) is 0 Å². The van der Waals surface area contributed by atoms with E-state index < -0.39 is 11.7 Å². The molecule has 1 rings (SSSR count). The predicted octanol–water partition coefficient (Wildman–Crippen LogP) is 3.83. The van der Waals surface area contributed by atoms with Gasteiger partial charge in [-0.05, 0) is 33.3 Å². The Labute approximate surface area is 138 Å². The quantitative estimate of drug-likeness (QED) is 0.550. The minimum Gasteiger partial charge on any atom is -0.442 e. The average Bonchev–Trinajstić information content (AvgIpc) is 2.38. The Morgan fingerprint density at radius 3 is 2.59 bits per heavy atom. The molecule has 0 aromatic carbocycles. The van der Waals surface area contributed by atoms with E-state index in [9.17, 15) is 9.59 Å². The van der Waals surface area contributed by atoms with Crippen molar-refractivity contribution in [1.82, 2.24) is 10.0 Å². The largest absolute Gasteiger partial charge is 0.442 e. The van der Waals surface area contributed by atoms with E-state index in [0.29, 0.717) is 11.4 Å². The predicted molar refractivity (Wildman–Crippen MR) is 90.3 cm³/mol. The third-order valence-electron chi connectivity index (χ3n) is 3.07. The lowest BCUT2D eigenvalue weighted by atomic mass is 10.2. The summed E-state index contributed by atoms with van der Waals surface area (Å²) in [5, 5.41) is 2.71. The van der Waals surface area contributed by atoms with E-state index in [1.807, 2.05) is 20.8 Å². The molecule has 1 aliphatic heterocycles. The molecule has 0 aromatic rings. The van der Waals surface area contributed by atoms with Crippen molar-refractivity contribution in [2.24, 2.45) is 0 Å². The second-order valence-electron chi connectivity index (χ2n) is 6.36. The summed E-state index contributed by atoms with van der Waals surface area (Å²) in [7, 11) is 0. The van der Waals surface area contributed by atoms with Crippen LogP contribution in [0.2, 0.25) is 0 Å². The maximum Gasteiger partial charge on any atom is 0.429 e. The summed E-state index contributed by atoms with van der Waals surface area (Å²) in [5.74, 6) is -0.200. The molecule has 0 aliphatic carbocycles. The van der Waals surface area contributed by atoms with Crippen molar-refractivity contribution in [3.8, 4) is 0 Å². The molecule has 2 amide bonds. The molecular formula is C16H26N2O3S. The number of nitrogens with zero attached hydrogens (tertiary/aromatic N) is 2. The van der Waals surface area contributed by atoms with Gasteiger partial charge in [0.2, 0.25) is 0 Å². The van der Waals surface area contributed by atoms with Crippen molar-refractivity contribution in [2.45, 2.75) is 65.4 Å². The lowest BCUT2D eigenvalue weighted by Crippen LogP contribution is -2.50. The number of carbonyl (C=O) groups is 2. The molecule has 0 atom stereocenters. The molecule has 0 spiro atoms. The first-order valence-corrected chi connectivity index (χ1v) is 8.19. The van der Waals surface area contributed by atoms with Gasteiger partial charge in [-0.15, -0.1) is 0 Å². The van der Waals surface area contributed by atoms with Gasteiger partial charge < -0.3 is 4.74 Å². The summed E-state index contributed by atoms with van der Waals surface area (Å²) in [5.41, 5.74) is -0.601. The first kappa shape index (κ1) is 18.6. The van der Waals surface area contributed by atoms with Gasteiger partial charge in [0.1, 0.15) is 5.60 Å². The first-order valence-electron chi connectivity index (χ1n) is 7.78. The van der Waals surface area contributed by atoms with Gasteiger partial charge in [-0.3, -0.25) is 4.79 Å². The zero-order chi connectivity index (χ0) is 16.8. The number of rotatable bonds is 6. The van der Waals surface area contributed by atoms with Crippen molar-refractivity contribution in [3.05, 3.63) is 12.3 Å². The summed E-state index contributed by atoms with van der Waals surface area (Å²) >= 11 is 5.03. The lowest BCUT2D eigenvalue weighted by molar-refractivity contribution is -0.140. The van der Waals surface area contributed by atoms with E-state index in [1.54, 1.807) is 12.3 Å². The number of hydrogen-bond donors (Lipinski definition) is 0.